The minimum absolute atomic E-state index is 0.138. The van der Waals surface area contributed by atoms with Gasteiger partial charge < -0.3 is 21.7 Å². The van der Waals surface area contributed by atoms with Crippen LogP contribution in [0.2, 0.25) is 5.02 Å². The predicted octanol–water partition coefficient (Wildman–Crippen LogP) is 2.74. The standard InChI is InChI=1S/C15H19ClN4OS.C9H14N4O/c1-9-14(17)13(3-4-20(9)8-21)15(19-2)10-5-11(16)7-12(6-10)22-18;1-8(4-3-5-11-7-14)12-6-13-9(2)10/h5-9H,3-4,17-18H2,1-2H3;3-7H,1-2H3,(H,11,14)(H2,10,12,13)/b;5-3-,8-4+. The number of hydrogen-bond acceptors (Lipinski definition) is 7. The first kappa shape index (κ1) is 30.6. The molecule has 2 rings (SSSR count). The van der Waals surface area contributed by atoms with Crippen molar-refractivity contribution >= 4 is 54.3 Å². The Kier molecular flexibility index (Phi) is 13.9. The number of carbonyl (C=O) groups excluding carboxylic acids is 2. The van der Waals surface area contributed by atoms with E-state index in [4.69, 9.17) is 28.2 Å². The van der Waals surface area contributed by atoms with Crippen LogP contribution in [0, 0.1) is 0 Å². The van der Waals surface area contributed by atoms with Crippen LogP contribution in [0.4, 0.5) is 0 Å². The van der Waals surface area contributed by atoms with Gasteiger partial charge in [0.15, 0.2) is 0 Å². The van der Waals surface area contributed by atoms with E-state index in [0.717, 1.165) is 45.8 Å². The van der Waals surface area contributed by atoms with Gasteiger partial charge in [-0.15, -0.1) is 0 Å². The second kappa shape index (κ2) is 16.3. The van der Waals surface area contributed by atoms with Crippen molar-refractivity contribution in [3.8, 4) is 0 Å². The van der Waals surface area contributed by atoms with Gasteiger partial charge in [-0.3, -0.25) is 19.7 Å². The molecule has 0 saturated carbocycles. The largest absolute Gasteiger partial charge is 0.400 e. The summed E-state index contributed by atoms with van der Waals surface area (Å²) in [7, 11) is 1.72. The summed E-state index contributed by atoms with van der Waals surface area (Å²) in [5.74, 6) is 0.458. The van der Waals surface area contributed by atoms with Gasteiger partial charge in [-0.05, 0) is 69.5 Å². The number of carbonyl (C=O) groups is 2. The fourth-order valence-electron chi connectivity index (χ4n) is 3.15. The Bertz CT molecular complexity index is 1090. The Morgan fingerprint density at radius 3 is 2.58 bits per heavy atom. The molecule has 0 spiro atoms. The van der Waals surface area contributed by atoms with Crippen LogP contribution in [0.15, 0.2) is 73.4 Å². The third kappa shape index (κ3) is 10.1. The molecular weight excluding hydrogens is 500 g/mol. The minimum Gasteiger partial charge on any atom is -0.400 e. The summed E-state index contributed by atoms with van der Waals surface area (Å²) in [6.07, 6.45) is 8.37. The maximum atomic E-state index is 11.0. The van der Waals surface area contributed by atoms with Crippen molar-refractivity contribution in [2.75, 3.05) is 13.6 Å². The quantitative estimate of drug-likeness (QED) is 0.125. The number of rotatable bonds is 9. The van der Waals surface area contributed by atoms with E-state index in [1.807, 2.05) is 26.0 Å². The van der Waals surface area contributed by atoms with Gasteiger partial charge in [0, 0.05) is 52.2 Å². The van der Waals surface area contributed by atoms with Crippen LogP contribution < -0.4 is 21.9 Å². The molecular formula is C24H33ClN8O2S. The van der Waals surface area contributed by atoms with Crippen LogP contribution in [0.1, 0.15) is 32.8 Å². The lowest BCUT2D eigenvalue weighted by Gasteiger charge is -2.33. The molecule has 36 heavy (non-hydrogen) atoms. The average molecular weight is 533 g/mol. The number of nitrogens with zero attached hydrogens (tertiary/aromatic N) is 4. The maximum absolute atomic E-state index is 11.0. The summed E-state index contributed by atoms with van der Waals surface area (Å²) >= 11 is 7.29. The average Bonchev–Trinajstić information content (AvgIpc) is 2.85. The predicted molar refractivity (Wildman–Crippen MR) is 150 cm³/mol. The van der Waals surface area contributed by atoms with Crippen molar-refractivity contribution in [2.24, 2.45) is 31.6 Å². The molecule has 1 atom stereocenters. The zero-order valence-electron chi connectivity index (χ0n) is 20.8. The molecule has 7 N–H and O–H groups in total. The van der Waals surface area contributed by atoms with E-state index in [1.54, 1.807) is 37.1 Å². The Morgan fingerprint density at radius 1 is 1.28 bits per heavy atom. The van der Waals surface area contributed by atoms with E-state index < -0.39 is 0 Å². The molecule has 1 aliphatic rings. The molecule has 1 heterocycles. The van der Waals surface area contributed by atoms with E-state index in [-0.39, 0.29) is 6.04 Å². The molecule has 1 aromatic rings. The van der Waals surface area contributed by atoms with Gasteiger partial charge in [0.25, 0.3) is 0 Å². The Hall–Kier alpha value is -3.41. The highest BCUT2D eigenvalue weighted by molar-refractivity contribution is 7.97. The fraction of sp³-hybridized carbons (Fsp3) is 0.292. The fourth-order valence-corrected chi connectivity index (χ4v) is 3.84. The van der Waals surface area contributed by atoms with Gasteiger partial charge >= 0.3 is 0 Å². The highest BCUT2D eigenvalue weighted by Gasteiger charge is 2.26. The molecule has 0 fully saturated rings. The summed E-state index contributed by atoms with van der Waals surface area (Å²) in [6.45, 7) is 6.02. The van der Waals surface area contributed by atoms with Gasteiger partial charge in [-0.2, -0.15) is 0 Å². The van der Waals surface area contributed by atoms with Gasteiger partial charge in [0.1, 0.15) is 6.34 Å². The van der Waals surface area contributed by atoms with Crippen LogP contribution in [-0.4, -0.2) is 55.2 Å². The van der Waals surface area contributed by atoms with Crippen LogP contribution in [0.3, 0.4) is 0 Å². The smallest absolute Gasteiger partial charge is 0.211 e. The van der Waals surface area contributed by atoms with Crippen LogP contribution in [0.5, 0.6) is 0 Å². The number of amidine groups is 1. The second-order valence-corrected chi connectivity index (χ2v) is 8.68. The first-order valence-corrected chi connectivity index (χ1v) is 12.1. The van der Waals surface area contributed by atoms with Crippen LogP contribution in [0.25, 0.3) is 0 Å². The molecule has 1 unspecified atom stereocenters. The first-order chi connectivity index (χ1) is 17.2. The van der Waals surface area contributed by atoms with Crippen molar-refractivity contribution in [3.05, 3.63) is 64.1 Å². The number of nitrogens with two attached hydrogens (primary N) is 3. The van der Waals surface area contributed by atoms with Gasteiger partial charge in [-0.25, -0.2) is 9.98 Å². The number of amides is 2. The van der Waals surface area contributed by atoms with E-state index >= 15 is 0 Å². The number of hydrogen-bond donors (Lipinski definition) is 4. The molecule has 0 bridgehead atoms. The number of nitrogens with one attached hydrogen (secondary N) is 1. The summed E-state index contributed by atoms with van der Waals surface area (Å²) in [4.78, 5) is 35.6. The number of halogens is 1. The topological polar surface area (TPSA) is 165 Å². The molecule has 12 heteroatoms. The lowest BCUT2D eigenvalue weighted by Crippen LogP contribution is -2.42. The Labute approximate surface area is 221 Å². The molecule has 1 aliphatic heterocycles. The highest BCUT2D eigenvalue weighted by Crippen LogP contribution is 2.27. The van der Waals surface area contributed by atoms with Crippen molar-refractivity contribution < 1.29 is 9.59 Å². The summed E-state index contributed by atoms with van der Waals surface area (Å²) in [6, 6.07) is 5.45. The number of allylic oxidation sites excluding steroid dienone is 3. The number of aliphatic imine (C=N–C) groups is 3. The zero-order valence-corrected chi connectivity index (χ0v) is 22.4. The van der Waals surface area contributed by atoms with Crippen molar-refractivity contribution in [1.82, 2.24) is 10.2 Å². The molecule has 0 saturated heterocycles. The van der Waals surface area contributed by atoms with Gasteiger partial charge in [0.05, 0.1) is 17.6 Å². The van der Waals surface area contributed by atoms with E-state index in [0.29, 0.717) is 35.9 Å². The van der Waals surface area contributed by atoms with Crippen LogP contribution >= 0.6 is 23.5 Å². The summed E-state index contributed by atoms with van der Waals surface area (Å²) in [5, 5.41) is 8.60. The molecule has 0 radical (unpaired) electrons. The minimum atomic E-state index is -0.138. The molecule has 2 amide bonds. The Morgan fingerprint density at radius 2 is 2.00 bits per heavy atom. The second-order valence-electron chi connectivity index (χ2n) is 7.54. The molecule has 0 aromatic heterocycles. The van der Waals surface area contributed by atoms with E-state index in [9.17, 15) is 9.59 Å². The molecule has 10 nitrogen and oxygen atoms in total. The summed E-state index contributed by atoms with van der Waals surface area (Å²) < 4.78 is 0. The molecule has 1 aromatic carbocycles. The monoisotopic (exact) mass is 532 g/mol. The highest BCUT2D eigenvalue weighted by atomic mass is 35.5. The molecule has 0 aliphatic carbocycles. The lowest BCUT2D eigenvalue weighted by molar-refractivity contribution is -0.119. The van der Waals surface area contributed by atoms with Gasteiger partial charge in [0.2, 0.25) is 12.8 Å². The summed E-state index contributed by atoms with van der Waals surface area (Å²) in [5.41, 5.74) is 15.6. The van der Waals surface area contributed by atoms with Crippen molar-refractivity contribution in [1.29, 1.82) is 0 Å². The number of benzene rings is 1. The third-order valence-corrected chi connectivity index (χ3v) is 5.69. The van der Waals surface area contributed by atoms with Crippen molar-refractivity contribution in [3.63, 3.8) is 0 Å². The molecule has 194 valence electrons. The first-order valence-electron chi connectivity index (χ1n) is 10.9. The maximum Gasteiger partial charge on any atom is 0.211 e. The van der Waals surface area contributed by atoms with E-state index in [1.165, 1.54) is 12.5 Å². The SMILES string of the molecule is CC(N)=NC=N/C(C)=C/C=C\NC=O.CN=C(C1=C(N)C(C)N(C=O)CC1)c1cc(Cl)cc(SN)c1. The van der Waals surface area contributed by atoms with Crippen LogP contribution in [-0.2, 0) is 9.59 Å². The zero-order chi connectivity index (χ0) is 27.1. The normalized spacial score (nSPS) is 17.3. The lowest BCUT2D eigenvalue weighted by atomic mass is 9.92. The van der Waals surface area contributed by atoms with E-state index in [2.05, 4.69) is 20.3 Å². The van der Waals surface area contributed by atoms with Gasteiger partial charge in [-0.1, -0.05) is 11.6 Å². The Balaban J connectivity index is 0.000000402. The van der Waals surface area contributed by atoms with Crippen molar-refractivity contribution in [2.45, 2.75) is 38.1 Å². The third-order valence-electron chi connectivity index (χ3n) is 4.96.